The Bertz CT molecular complexity index is 1560. The molecule has 5 rings (SSSR count). The number of nitrogens with one attached hydrogen (secondary N) is 1. The highest BCUT2D eigenvalue weighted by molar-refractivity contribution is 7.92. The smallest absolute Gasteiger partial charge is 0.265 e. The summed E-state index contributed by atoms with van der Waals surface area (Å²) in [7, 11) is -3.92. The molecule has 0 saturated carbocycles. The van der Waals surface area contributed by atoms with Crippen LogP contribution in [0.4, 0.5) is 11.5 Å². The van der Waals surface area contributed by atoms with Gasteiger partial charge in [0.05, 0.1) is 5.52 Å². The molecule has 0 bridgehead atoms. The summed E-state index contributed by atoms with van der Waals surface area (Å²) in [4.78, 5) is 12.6. The molecule has 162 valence electrons. The van der Waals surface area contributed by atoms with Crippen molar-refractivity contribution in [3.05, 3.63) is 97.6 Å². The van der Waals surface area contributed by atoms with Gasteiger partial charge in [0.15, 0.2) is 0 Å². The quantitative estimate of drug-likeness (QED) is 0.398. The number of benzene rings is 2. The van der Waals surface area contributed by atoms with Gasteiger partial charge in [-0.1, -0.05) is 24.3 Å². The van der Waals surface area contributed by atoms with Crippen LogP contribution in [0, 0.1) is 0 Å². The summed E-state index contributed by atoms with van der Waals surface area (Å²) >= 11 is 0. The van der Waals surface area contributed by atoms with Crippen molar-refractivity contribution in [3.63, 3.8) is 0 Å². The fourth-order valence-electron chi connectivity index (χ4n) is 3.65. The Kier molecular flexibility index (Phi) is 5.20. The van der Waals surface area contributed by atoms with Crippen molar-refractivity contribution < 1.29 is 8.42 Å². The van der Waals surface area contributed by atoms with Crippen molar-refractivity contribution in [1.82, 2.24) is 15.0 Å². The van der Waals surface area contributed by atoms with E-state index in [0.717, 1.165) is 27.6 Å². The van der Waals surface area contributed by atoms with Crippen LogP contribution < -0.4 is 10.5 Å². The number of aromatic nitrogens is 3. The zero-order valence-corrected chi connectivity index (χ0v) is 18.2. The highest BCUT2D eigenvalue weighted by Crippen LogP contribution is 2.32. The minimum Gasteiger partial charge on any atom is -0.383 e. The van der Waals surface area contributed by atoms with E-state index in [9.17, 15) is 8.42 Å². The first kappa shape index (κ1) is 20.6. The van der Waals surface area contributed by atoms with E-state index in [2.05, 4.69) is 19.7 Å². The van der Waals surface area contributed by atoms with Gasteiger partial charge in [-0.15, -0.1) is 0 Å². The average Bonchev–Trinajstić information content (AvgIpc) is 2.84. The first-order chi connectivity index (χ1) is 16.0. The predicted molar refractivity (Wildman–Crippen MR) is 130 cm³/mol. The van der Waals surface area contributed by atoms with Gasteiger partial charge in [0.1, 0.15) is 10.7 Å². The Morgan fingerprint density at radius 3 is 2.33 bits per heavy atom. The number of nitrogens with zero attached hydrogens (tertiary/aromatic N) is 3. The standard InChI is InChI=1S/C25H19N5O2S/c26-25-24(33(31,32)30-20-4-2-1-3-5-20)15-19(16-29-25)18-6-7-23-22(14-18)21(10-13-28-23)17-8-11-27-12-9-17/h1-16,30H,(H2,26,29). The van der Waals surface area contributed by atoms with E-state index in [1.54, 1.807) is 49.1 Å². The SMILES string of the molecule is Nc1ncc(-c2ccc3nccc(-c4ccncc4)c3c2)cc1S(=O)(=O)Nc1ccccc1. The van der Waals surface area contributed by atoms with Crippen molar-refractivity contribution in [1.29, 1.82) is 0 Å². The number of pyridine rings is 3. The molecule has 0 aliphatic heterocycles. The molecule has 5 aromatic rings. The molecule has 2 aromatic carbocycles. The summed E-state index contributed by atoms with van der Waals surface area (Å²) in [6, 6.07) is 21.8. The molecule has 8 heteroatoms. The molecule has 3 N–H and O–H groups in total. The predicted octanol–water partition coefficient (Wildman–Crippen LogP) is 4.74. The number of sulfonamides is 1. The molecule has 3 heterocycles. The second-order valence-electron chi connectivity index (χ2n) is 7.41. The van der Waals surface area contributed by atoms with Crippen LogP contribution >= 0.6 is 0 Å². The normalized spacial score (nSPS) is 11.4. The first-order valence-corrected chi connectivity index (χ1v) is 11.6. The lowest BCUT2D eigenvalue weighted by Crippen LogP contribution is -2.15. The number of nitrogen functional groups attached to an aromatic ring is 1. The van der Waals surface area contributed by atoms with Crippen molar-refractivity contribution >= 4 is 32.4 Å². The van der Waals surface area contributed by atoms with Crippen molar-refractivity contribution in [2.75, 3.05) is 10.5 Å². The fourth-order valence-corrected chi connectivity index (χ4v) is 4.82. The summed E-state index contributed by atoms with van der Waals surface area (Å²) in [5, 5.41) is 0.935. The number of fused-ring (bicyclic) bond motifs is 1. The molecule has 0 aliphatic rings. The second kappa shape index (κ2) is 8.33. The highest BCUT2D eigenvalue weighted by atomic mass is 32.2. The van der Waals surface area contributed by atoms with Crippen LogP contribution in [0.1, 0.15) is 0 Å². The number of rotatable bonds is 5. The summed E-state index contributed by atoms with van der Waals surface area (Å²) in [6.07, 6.45) is 6.82. The number of nitrogens with two attached hydrogens (primary N) is 1. The summed E-state index contributed by atoms with van der Waals surface area (Å²) in [5.74, 6) is -0.0675. The maximum atomic E-state index is 13.0. The summed E-state index contributed by atoms with van der Waals surface area (Å²) in [5.41, 5.74) is 10.7. The lowest BCUT2D eigenvalue weighted by molar-refractivity contribution is 0.601. The fraction of sp³-hybridized carbons (Fsp3) is 0. The van der Waals surface area contributed by atoms with E-state index in [1.165, 1.54) is 6.07 Å². The largest absolute Gasteiger partial charge is 0.383 e. The van der Waals surface area contributed by atoms with Gasteiger partial charge in [-0.05, 0) is 65.2 Å². The van der Waals surface area contributed by atoms with Crippen molar-refractivity contribution in [2.45, 2.75) is 4.90 Å². The Morgan fingerprint density at radius 2 is 1.55 bits per heavy atom. The molecular weight excluding hydrogens is 434 g/mol. The topological polar surface area (TPSA) is 111 Å². The average molecular weight is 454 g/mol. The monoisotopic (exact) mass is 453 g/mol. The van der Waals surface area contributed by atoms with E-state index in [0.29, 0.717) is 11.3 Å². The van der Waals surface area contributed by atoms with Crippen molar-refractivity contribution in [2.24, 2.45) is 0 Å². The third-order valence-electron chi connectivity index (χ3n) is 5.26. The Balaban J connectivity index is 1.60. The van der Waals surface area contributed by atoms with Crippen LogP contribution in [0.5, 0.6) is 0 Å². The van der Waals surface area contributed by atoms with E-state index >= 15 is 0 Å². The Hall–Kier alpha value is -4.30. The highest BCUT2D eigenvalue weighted by Gasteiger charge is 2.20. The minimum absolute atomic E-state index is 0.0675. The van der Waals surface area contributed by atoms with E-state index in [-0.39, 0.29) is 10.7 Å². The van der Waals surface area contributed by atoms with Crippen LogP contribution in [0.15, 0.2) is 102 Å². The van der Waals surface area contributed by atoms with Crippen LogP contribution in [0.25, 0.3) is 33.2 Å². The minimum atomic E-state index is -3.92. The number of para-hydroxylation sites is 1. The maximum Gasteiger partial charge on any atom is 0.265 e. The molecule has 0 atom stereocenters. The number of anilines is 2. The molecule has 7 nitrogen and oxygen atoms in total. The van der Waals surface area contributed by atoms with Gasteiger partial charge in [0, 0.05) is 41.4 Å². The van der Waals surface area contributed by atoms with Gasteiger partial charge in [-0.3, -0.25) is 14.7 Å². The van der Waals surface area contributed by atoms with Gasteiger partial charge < -0.3 is 5.73 Å². The van der Waals surface area contributed by atoms with Gasteiger partial charge in [0.25, 0.3) is 10.0 Å². The third-order valence-corrected chi connectivity index (χ3v) is 6.67. The molecule has 0 aliphatic carbocycles. The number of hydrogen-bond donors (Lipinski definition) is 2. The molecule has 3 aromatic heterocycles. The van der Waals surface area contributed by atoms with Crippen LogP contribution in [-0.2, 0) is 10.0 Å². The molecule has 0 radical (unpaired) electrons. The van der Waals surface area contributed by atoms with Crippen molar-refractivity contribution in [3.8, 4) is 22.3 Å². The lowest BCUT2D eigenvalue weighted by Gasteiger charge is -2.12. The first-order valence-electron chi connectivity index (χ1n) is 10.1. The Labute approximate surface area is 191 Å². The van der Waals surface area contributed by atoms with Gasteiger partial charge >= 0.3 is 0 Å². The third kappa shape index (κ3) is 4.11. The second-order valence-corrected chi connectivity index (χ2v) is 9.06. The molecule has 33 heavy (non-hydrogen) atoms. The summed E-state index contributed by atoms with van der Waals surface area (Å²) < 4.78 is 28.6. The van der Waals surface area contributed by atoms with Gasteiger partial charge in [0.2, 0.25) is 0 Å². The van der Waals surface area contributed by atoms with Crippen LogP contribution in [0.3, 0.4) is 0 Å². The van der Waals surface area contributed by atoms with E-state index < -0.39 is 10.0 Å². The zero-order valence-electron chi connectivity index (χ0n) is 17.4. The molecule has 0 unspecified atom stereocenters. The van der Waals surface area contributed by atoms with Gasteiger partial charge in [-0.2, -0.15) is 0 Å². The van der Waals surface area contributed by atoms with E-state index in [1.807, 2.05) is 42.5 Å². The molecular formula is C25H19N5O2S. The van der Waals surface area contributed by atoms with Crippen LogP contribution in [-0.4, -0.2) is 23.4 Å². The molecule has 0 saturated heterocycles. The molecule has 0 fully saturated rings. The Morgan fingerprint density at radius 1 is 0.758 bits per heavy atom. The maximum absolute atomic E-state index is 13.0. The molecule has 0 spiro atoms. The van der Waals surface area contributed by atoms with E-state index in [4.69, 9.17) is 5.73 Å². The lowest BCUT2D eigenvalue weighted by atomic mass is 9.98. The summed E-state index contributed by atoms with van der Waals surface area (Å²) in [6.45, 7) is 0. The zero-order chi connectivity index (χ0) is 22.8. The van der Waals surface area contributed by atoms with Crippen LogP contribution in [0.2, 0.25) is 0 Å². The molecule has 0 amide bonds. The van der Waals surface area contributed by atoms with Gasteiger partial charge in [-0.25, -0.2) is 13.4 Å². The number of hydrogen-bond acceptors (Lipinski definition) is 6.